The van der Waals surface area contributed by atoms with Crippen molar-refractivity contribution >= 4 is 34.8 Å². The Morgan fingerprint density at radius 3 is 2.65 bits per heavy atom. The van der Waals surface area contributed by atoms with Crippen LogP contribution in [0.25, 0.3) is 0 Å². The lowest BCUT2D eigenvalue weighted by atomic mass is 9.94. The number of halogens is 2. The van der Waals surface area contributed by atoms with Gasteiger partial charge in [0.1, 0.15) is 11.5 Å². The Labute approximate surface area is 193 Å². The predicted molar refractivity (Wildman–Crippen MR) is 124 cm³/mol. The highest BCUT2D eigenvalue weighted by molar-refractivity contribution is 6.32. The van der Waals surface area contributed by atoms with Crippen molar-refractivity contribution < 1.29 is 19.4 Å². The molecule has 0 saturated carbocycles. The van der Waals surface area contributed by atoms with Gasteiger partial charge in [0.05, 0.1) is 30.0 Å². The topological polar surface area (TPSA) is 71.0 Å². The van der Waals surface area contributed by atoms with Crippen molar-refractivity contribution in [3.63, 3.8) is 0 Å². The van der Waals surface area contributed by atoms with Gasteiger partial charge in [-0.15, -0.1) is 0 Å². The van der Waals surface area contributed by atoms with Gasteiger partial charge in [0, 0.05) is 44.1 Å². The Morgan fingerprint density at radius 1 is 1.23 bits per heavy atom. The molecule has 1 aliphatic rings. The van der Waals surface area contributed by atoms with Crippen LogP contribution >= 0.6 is 23.2 Å². The summed E-state index contributed by atoms with van der Waals surface area (Å²) in [7, 11) is 1.53. The maximum Gasteiger partial charge on any atom is 0.221 e. The van der Waals surface area contributed by atoms with Gasteiger partial charge in [-0.25, -0.2) is 0 Å². The molecule has 2 aromatic rings. The molecule has 1 atom stereocenters. The number of nitrogens with zero attached hydrogens (tertiary/aromatic N) is 1. The maximum atomic E-state index is 11.5. The van der Waals surface area contributed by atoms with Crippen molar-refractivity contribution in [1.82, 2.24) is 4.90 Å². The number of nitrogens with one attached hydrogen (secondary N) is 1. The zero-order valence-electron chi connectivity index (χ0n) is 17.8. The molecule has 2 N–H and O–H groups in total. The largest absolute Gasteiger partial charge is 0.495 e. The molecule has 0 aromatic heterocycles. The molecule has 3 rings (SSSR count). The van der Waals surface area contributed by atoms with Crippen molar-refractivity contribution in [2.75, 3.05) is 38.7 Å². The summed E-state index contributed by atoms with van der Waals surface area (Å²) in [5.74, 6) is 0.790. The Kier molecular flexibility index (Phi) is 8.06. The lowest BCUT2D eigenvalue weighted by Gasteiger charge is -2.24. The van der Waals surface area contributed by atoms with E-state index in [-0.39, 0.29) is 5.91 Å². The molecule has 2 aromatic carbocycles. The molecular weight excluding hydrogens is 439 g/mol. The number of amides is 1. The van der Waals surface area contributed by atoms with Gasteiger partial charge in [-0.1, -0.05) is 35.3 Å². The summed E-state index contributed by atoms with van der Waals surface area (Å²) >= 11 is 12.1. The van der Waals surface area contributed by atoms with Gasteiger partial charge >= 0.3 is 0 Å². The average molecular weight is 467 g/mol. The quantitative estimate of drug-likeness (QED) is 0.535. The zero-order valence-corrected chi connectivity index (χ0v) is 19.3. The molecule has 0 bridgehead atoms. The molecule has 31 heavy (non-hydrogen) atoms. The third kappa shape index (κ3) is 6.74. The number of hydrogen-bond donors (Lipinski definition) is 2. The highest BCUT2D eigenvalue weighted by atomic mass is 35.5. The normalized spacial score (nSPS) is 18.7. The average Bonchev–Trinajstić information content (AvgIpc) is 3.08. The second kappa shape index (κ2) is 10.6. The minimum Gasteiger partial charge on any atom is -0.495 e. The van der Waals surface area contributed by atoms with Crippen molar-refractivity contribution in [1.29, 1.82) is 0 Å². The van der Waals surface area contributed by atoms with Gasteiger partial charge in [0.2, 0.25) is 5.91 Å². The number of carbonyl (C=O) groups is 1. The van der Waals surface area contributed by atoms with Gasteiger partial charge in [0.25, 0.3) is 0 Å². The van der Waals surface area contributed by atoms with E-state index in [1.165, 1.54) is 14.0 Å². The highest BCUT2D eigenvalue weighted by Gasteiger charge is 2.35. The highest BCUT2D eigenvalue weighted by Crippen LogP contribution is 2.36. The zero-order chi connectivity index (χ0) is 22.4. The molecular formula is C23H28Cl2N2O4. The smallest absolute Gasteiger partial charge is 0.221 e. The summed E-state index contributed by atoms with van der Waals surface area (Å²) in [6.07, 6.45) is 2.13. The van der Waals surface area contributed by atoms with Crippen molar-refractivity contribution in [2.24, 2.45) is 0 Å². The molecule has 168 valence electrons. The number of likely N-dealkylation sites (tertiary alicyclic amines) is 1. The monoisotopic (exact) mass is 466 g/mol. The number of rotatable bonds is 9. The molecule has 1 aliphatic heterocycles. The van der Waals surface area contributed by atoms with Crippen LogP contribution in [0.2, 0.25) is 10.0 Å². The minimum absolute atomic E-state index is 0.205. The Hall–Kier alpha value is -1.99. The van der Waals surface area contributed by atoms with Crippen molar-refractivity contribution in [3.8, 4) is 11.5 Å². The summed E-state index contributed by atoms with van der Waals surface area (Å²) in [5, 5.41) is 14.8. The molecule has 1 saturated heterocycles. The van der Waals surface area contributed by atoms with Crippen molar-refractivity contribution in [2.45, 2.75) is 31.8 Å². The Bertz CT molecular complexity index is 907. The Morgan fingerprint density at radius 2 is 1.97 bits per heavy atom. The lowest BCUT2D eigenvalue weighted by Crippen LogP contribution is -2.35. The summed E-state index contributed by atoms with van der Waals surface area (Å²) < 4.78 is 11.1. The number of ether oxygens (including phenoxy) is 2. The number of aliphatic hydroxyl groups is 1. The molecule has 1 unspecified atom stereocenters. The van der Waals surface area contributed by atoms with E-state index in [9.17, 15) is 9.90 Å². The first-order chi connectivity index (χ1) is 14.8. The van der Waals surface area contributed by atoms with Crippen LogP contribution < -0.4 is 14.8 Å². The third-order valence-electron chi connectivity index (χ3n) is 5.30. The van der Waals surface area contributed by atoms with Crippen LogP contribution in [-0.2, 0) is 11.2 Å². The fraction of sp³-hybridized carbons (Fsp3) is 0.435. The van der Waals surface area contributed by atoms with Crippen LogP contribution in [0.3, 0.4) is 0 Å². The second-order valence-corrected chi connectivity index (χ2v) is 8.76. The fourth-order valence-electron chi connectivity index (χ4n) is 3.83. The van der Waals surface area contributed by atoms with Crippen LogP contribution in [0, 0.1) is 0 Å². The van der Waals surface area contributed by atoms with Gasteiger partial charge in [0.15, 0.2) is 0 Å². The van der Waals surface area contributed by atoms with Crippen LogP contribution in [-0.4, -0.2) is 54.9 Å². The van der Waals surface area contributed by atoms with Crippen LogP contribution in [0.1, 0.15) is 25.3 Å². The number of anilines is 1. The SMILES string of the molecule is COc1cc(OCCCN2CCC(O)(Cc3ccc(Cl)cc3)C2)c(NC(C)=O)cc1Cl. The van der Waals surface area contributed by atoms with E-state index < -0.39 is 5.60 Å². The van der Waals surface area contributed by atoms with Gasteiger partial charge in [-0.05, 0) is 36.6 Å². The molecule has 0 spiro atoms. The lowest BCUT2D eigenvalue weighted by molar-refractivity contribution is -0.114. The standard InChI is InChI=1S/C23H28Cl2N2O4/c1-16(28)26-20-12-19(25)21(30-2)13-22(20)31-11-3-9-27-10-8-23(29,15-27)14-17-4-6-18(24)7-5-17/h4-7,12-13,29H,3,8-11,14-15H2,1-2H3,(H,26,28). The molecule has 1 heterocycles. The van der Waals surface area contributed by atoms with Gasteiger partial charge in [-0.3, -0.25) is 4.79 Å². The molecule has 0 aliphatic carbocycles. The van der Waals surface area contributed by atoms with E-state index in [2.05, 4.69) is 10.2 Å². The first-order valence-corrected chi connectivity index (χ1v) is 11.0. The summed E-state index contributed by atoms with van der Waals surface area (Å²) in [5.41, 5.74) is 0.868. The van der Waals surface area contributed by atoms with E-state index in [4.69, 9.17) is 32.7 Å². The van der Waals surface area contributed by atoms with Gasteiger partial charge in [-0.2, -0.15) is 0 Å². The maximum absolute atomic E-state index is 11.5. The molecule has 1 fully saturated rings. The molecule has 1 amide bonds. The van der Waals surface area contributed by atoms with Crippen LogP contribution in [0.15, 0.2) is 36.4 Å². The predicted octanol–water partition coefficient (Wildman–Crippen LogP) is 4.41. The van der Waals surface area contributed by atoms with E-state index in [1.54, 1.807) is 12.1 Å². The van der Waals surface area contributed by atoms with Gasteiger partial charge < -0.3 is 24.8 Å². The van der Waals surface area contributed by atoms with Crippen LogP contribution in [0.5, 0.6) is 11.5 Å². The summed E-state index contributed by atoms with van der Waals surface area (Å²) in [4.78, 5) is 13.7. The molecule has 8 heteroatoms. The van der Waals surface area contributed by atoms with Crippen molar-refractivity contribution in [3.05, 3.63) is 52.0 Å². The minimum atomic E-state index is -0.725. The van der Waals surface area contributed by atoms with E-state index in [0.717, 1.165) is 31.5 Å². The Balaban J connectivity index is 1.50. The van der Waals surface area contributed by atoms with E-state index in [0.29, 0.717) is 46.8 Å². The molecule has 6 nitrogen and oxygen atoms in total. The number of hydrogen-bond acceptors (Lipinski definition) is 5. The fourth-order valence-corrected chi connectivity index (χ4v) is 4.19. The first-order valence-electron chi connectivity index (χ1n) is 10.2. The van der Waals surface area contributed by atoms with Crippen LogP contribution in [0.4, 0.5) is 5.69 Å². The van der Waals surface area contributed by atoms with E-state index in [1.807, 2.05) is 24.3 Å². The summed E-state index contributed by atoms with van der Waals surface area (Å²) in [6.45, 7) is 4.17. The number of carbonyl (C=O) groups excluding carboxylic acids is 1. The number of β-amino-alcohol motifs (C(OH)–C–C–N with tert-alkyl or cyclic N) is 1. The second-order valence-electron chi connectivity index (χ2n) is 7.92. The summed E-state index contributed by atoms with van der Waals surface area (Å²) in [6, 6.07) is 10.9. The first kappa shape index (κ1) is 23.7. The molecule has 0 radical (unpaired) electrons. The number of benzene rings is 2. The van der Waals surface area contributed by atoms with E-state index >= 15 is 0 Å². The number of methoxy groups -OCH3 is 1. The third-order valence-corrected chi connectivity index (χ3v) is 5.85.